The maximum absolute atomic E-state index is 9.78. The quantitative estimate of drug-likeness (QED) is 0.851. The van der Waals surface area contributed by atoms with E-state index in [1.54, 1.807) is 6.07 Å². The highest BCUT2D eigenvalue weighted by Crippen LogP contribution is 2.29. The fourth-order valence-electron chi connectivity index (χ4n) is 2.94. The summed E-state index contributed by atoms with van der Waals surface area (Å²) < 4.78 is 0. The predicted molar refractivity (Wildman–Crippen MR) is 75.7 cm³/mol. The Kier molecular flexibility index (Phi) is 4.65. The van der Waals surface area contributed by atoms with E-state index >= 15 is 0 Å². The molecule has 2 nitrogen and oxygen atoms in total. The molecule has 1 fully saturated rings. The zero-order chi connectivity index (χ0) is 13.0. The first-order valence-corrected chi connectivity index (χ1v) is 7.16. The molecule has 1 saturated carbocycles. The normalized spacial score (nSPS) is 24.1. The molecular weight excluding hydrogens is 222 g/mol. The van der Waals surface area contributed by atoms with Gasteiger partial charge in [0.2, 0.25) is 0 Å². The third-order valence-corrected chi connectivity index (χ3v) is 4.25. The first-order valence-electron chi connectivity index (χ1n) is 7.16. The molecule has 1 aromatic rings. The van der Waals surface area contributed by atoms with Gasteiger partial charge in [0.1, 0.15) is 5.75 Å². The molecular formula is C16H25NO. The SMILES string of the molecule is Cc1ccc(O)c(CNCC2CCCCC2C)c1. The summed E-state index contributed by atoms with van der Waals surface area (Å²) >= 11 is 0. The van der Waals surface area contributed by atoms with E-state index in [1.807, 2.05) is 6.07 Å². The molecule has 2 unspecified atom stereocenters. The molecule has 0 saturated heterocycles. The summed E-state index contributed by atoms with van der Waals surface area (Å²) in [5.74, 6) is 2.06. The Morgan fingerprint density at radius 1 is 1.28 bits per heavy atom. The van der Waals surface area contributed by atoms with Gasteiger partial charge in [-0.3, -0.25) is 0 Å². The molecule has 100 valence electrons. The number of hydrogen-bond donors (Lipinski definition) is 2. The van der Waals surface area contributed by atoms with Crippen molar-refractivity contribution in [3.05, 3.63) is 29.3 Å². The fraction of sp³-hybridized carbons (Fsp3) is 0.625. The van der Waals surface area contributed by atoms with Gasteiger partial charge in [0.05, 0.1) is 0 Å². The minimum Gasteiger partial charge on any atom is -0.508 e. The second-order valence-corrected chi connectivity index (χ2v) is 5.78. The summed E-state index contributed by atoms with van der Waals surface area (Å²) in [7, 11) is 0. The molecule has 1 aliphatic carbocycles. The van der Waals surface area contributed by atoms with Gasteiger partial charge in [-0.1, -0.05) is 43.9 Å². The van der Waals surface area contributed by atoms with Gasteiger partial charge in [-0.15, -0.1) is 0 Å². The minimum atomic E-state index is 0.407. The first kappa shape index (κ1) is 13.4. The third kappa shape index (κ3) is 3.49. The standard InChI is InChI=1S/C16H25NO/c1-12-7-8-16(18)15(9-12)11-17-10-14-6-4-3-5-13(14)2/h7-9,13-14,17-18H,3-6,10-11H2,1-2H3. The smallest absolute Gasteiger partial charge is 0.120 e. The summed E-state index contributed by atoms with van der Waals surface area (Å²) in [5.41, 5.74) is 2.22. The van der Waals surface area contributed by atoms with E-state index in [1.165, 1.54) is 31.2 Å². The Morgan fingerprint density at radius 2 is 2.06 bits per heavy atom. The van der Waals surface area contributed by atoms with Gasteiger partial charge in [0.15, 0.2) is 0 Å². The minimum absolute atomic E-state index is 0.407. The number of phenolic OH excluding ortho intramolecular Hbond substituents is 1. The van der Waals surface area contributed by atoms with Crippen LogP contribution in [-0.4, -0.2) is 11.7 Å². The van der Waals surface area contributed by atoms with Crippen LogP contribution >= 0.6 is 0 Å². The number of nitrogens with one attached hydrogen (secondary N) is 1. The second kappa shape index (κ2) is 6.24. The second-order valence-electron chi connectivity index (χ2n) is 5.78. The Morgan fingerprint density at radius 3 is 2.83 bits per heavy atom. The van der Waals surface area contributed by atoms with Gasteiger partial charge in [0, 0.05) is 12.1 Å². The van der Waals surface area contributed by atoms with Crippen molar-refractivity contribution in [2.45, 2.75) is 46.1 Å². The molecule has 0 radical (unpaired) electrons. The van der Waals surface area contributed by atoms with E-state index in [2.05, 4.69) is 25.2 Å². The molecule has 2 N–H and O–H groups in total. The summed E-state index contributed by atoms with van der Waals surface area (Å²) in [5, 5.41) is 13.3. The lowest BCUT2D eigenvalue weighted by Crippen LogP contribution is -2.29. The number of hydrogen-bond acceptors (Lipinski definition) is 2. The van der Waals surface area contributed by atoms with E-state index in [0.29, 0.717) is 5.75 Å². The highest BCUT2D eigenvalue weighted by Gasteiger charge is 2.20. The highest BCUT2D eigenvalue weighted by molar-refractivity contribution is 5.35. The number of aromatic hydroxyl groups is 1. The summed E-state index contributed by atoms with van der Waals surface area (Å²) in [4.78, 5) is 0. The van der Waals surface area contributed by atoms with Gasteiger partial charge in [-0.2, -0.15) is 0 Å². The third-order valence-electron chi connectivity index (χ3n) is 4.25. The van der Waals surface area contributed by atoms with Crippen molar-refractivity contribution in [3.8, 4) is 5.75 Å². The van der Waals surface area contributed by atoms with Crippen molar-refractivity contribution in [1.82, 2.24) is 5.32 Å². The highest BCUT2D eigenvalue weighted by atomic mass is 16.3. The zero-order valence-corrected chi connectivity index (χ0v) is 11.6. The topological polar surface area (TPSA) is 32.3 Å². The average molecular weight is 247 g/mol. The molecule has 1 aromatic carbocycles. The number of rotatable bonds is 4. The maximum atomic E-state index is 9.78. The van der Waals surface area contributed by atoms with Crippen LogP contribution < -0.4 is 5.32 Å². The number of aryl methyl sites for hydroxylation is 1. The molecule has 0 aliphatic heterocycles. The molecule has 1 aliphatic rings. The monoisotopic (exact) mass is 247 g/mol. The van der Waals surface area contributed by atoms with Crippen molar-refractivity contribution in [2.24, 2.45) is 11.8 Å². The molecule has 0 amide bonds. The molecule has 0 bridgehead atoms. The first-order chi connectivity index (χ1) is 8.66. The van der Waals surface area contributed by atoms with Gasteiger partial charge >= 0.3 is 0 Å². The van der Waals surface area contributed by atoms with Crippen LogP contribution in [0.15, 0.2) is 18.2 Å². The summed E-state index contributed by atoms with van der Waals surface area (Å²) in [6, 6.07) is 5.80. The molecule has 2 rings (SSSR count). The molecule has 18 heavy (non-hydrogen) atoms. The lowest BCUT2D eigenvalue weighted by Gasteiger charge is -2.29. The van der Waals surface area contributed by atoms with E-state index in [0.717, 1.165) is 30.5 Å². The van der Waals surface area contributed by atoms with Crippen LogP contribution in [0, 0.1) is 18.8 Å². The van der Waals surface area contributed by atoms with Crippen LogP contribution in [0.25, 0.3) is 0 Å². The van der Waals surface area contributed by atoms with Crippen LogP contribution in [-0.2, 0) is 6.54 Å². The molecule has 0 spiro atoms. The summed E-state index contributed by atoms with van der Waals surface area (Å²) in [6.07, 6.45) is 5.51. The Labute approximate surface area is 110 Å². The van der Waals surface area contributed by atoms with E-state index < -0.39 is 0 Å². The summed E-state index contributed by atoms with van der Waals surface area (Å²) in [6.45, 7) is 6.28. The number of benzene rings is 1. The van der Waals surface area contributed by atoms with Gasteiger partial charge in [0.25, 0.3) is 0 Å². The average Bonchev–Trinajstić information content (AvgIpc) is 2.36. The van der Waals surface area contributed by atoms with Crippen LogP contribution in [0.4, 0.5) is 0 Å². The Hall–Kier alpha value is -1.02. The predicted octanol–water partition coefficient (Wildman–Crippen LogP) is 3.62. The van der Waals surface area contributed by atoms with Crippen molar-refractivity contribution in [3.63, 3.8) is 0 Å². The Bertz CT molecular complexity index is 389. The van der Waals surface area contributed by atoms with E-state index in [4.69, 9.17) is 0 Å². The van der Waals surface area contributed by atoms with Gasteiger partial charge < -0.3 is 10.4 Å². The molecule has 0 aromatic heterocycles. The van der Waals surface area contributed by atoms with Gasteiger partial charge in [-0.05, 0) is 37.8 Å². The maximum Gasteiger partial charge on any atom is 0.120 e. The number of phenols is 1. The lowest BCUT2D eigenvalue weighted by atomic mass is 9.80. The Balaban J connectivity index is 1.82. The van der Waals surface area contributed by atoms with Gasteiger partial charge in [-0.25, -0.2) is 0 Å². The van der Waals surface area contributed by atoms with Crippen LogP contribution in [0.5, 0.6) is 5.75 Å². The fourth-order valence-corrected chi connectivity index (χ4v) is 2.94. The van der Waals surface area contributed by atoms with Crippen LogP contribution in [0.2, 0.25) is 0 Å². The molecule has 0 heterocycles. The largest absolute Gasteiger partial charge is 0.508 e. The lowest BCUT2D eigenvalue weighted by molar-refractivity contribution is 0.247. The van der Waals surface area contributed by atoms with Crippen LogP contribution in [0.1, 0.15) is 43.7 Å². The van der Waals surface area contributed by atoms with Crippen molar-refractivity contribution >= 4 is 0 Å². The van der Waals surface area contributed by atoms with Crippen LogP contribution in [0.3, 0.4) is 0 Å². The van der Waals surface area contributed by atoms with Crippen molar-refractivity contribution < 1.29 is 5.11 Å². The molecule has 2 heteroatoms. The van der Waals surface area contributed by atoms with E-state index in [-0.39, 0.29) is 0 Å². The van der Waals surface area contributed by atoms with Crippen molar-refractivity contribution in [2.75, 3.05) is 6.54 Å². The zero-order valence-electron chi connectivity index (χ0n) is 11.6. The molecule has 2 atom stereocenters. The van der Waals surface area contributed by atoms with Crippen molar-refractivity contribution in [1.29, 1.82) is 0 Å². The van der Waals surface area contributed by atoms with E-state index in [9.17, 15) is 5.11 Å².